The van der Waals surface area contributed by atoms with Crippen LogP contribution in [0, 0.1) is 4.77 Å². The molecule has 0 atom stereocenters. The summed E-state index contributed by atoms with van der Waals surface area (Å²) in [6.45, 7) is 2.72. The van der Waals surface area contributed by atoms with Gasteiger partial charge in [0.2, 0.25) is 4.77 Å². The van der Waals surface area contributed by atoms with Crippen LogP contribution in [0.1, 0.15) is 43.5 Å². The number of rotatable bonds is 7. The summed E-state index contributed by atoms with van der Waals surface area (Å²) >= 11 is 5.24. The van der Waals surface area contributed by atoms with E-state index in [1.165, 1.54) is 0 Å². The molecule has 1 N–H and O–H groups in total. The van der Waals surface area contributed by atoms with Gasteiger partial charge in [0.05, 0.1) is 19.9 Å². The standard InChI is InChI=1S/C16H20N4O2S/c1-3-8-22-14-9-11(4-7-13(14)21-2)10-17-20-15(12-5-6-12)18-19-16(20)23/h4,7,9-10,12H,3,5-6,8H2,1-2H3,(H,19,23)/b17-10-. The molecule has 0 amide bonds. The molecule has 1 fully saturated rings. The first-order valence-electron chi connectivity index (χ1n) is 7.75. The van der Waals surface area contributed by atoms with Crippen molar-refractivity contribution in [1.29, 1.82) is 0 Å². The van der Waals surface area contributed by atoms with Crippen molar-refractivity contribution in [3.05, 3.63) is 34.4 Å². The van der Waals surface area contributed by atoms with Crippen molar-refractivity contribution in [3.63, 3.8) is 0 Å². The molecule has 0 unspecified atom stereocenters. The zero-order valence-electron chi connectivity index (χ0n) is 13.3. The highest BCUT2D eigenvalue weighted by atomic mass is 32.1. The van der Waals surface area contributed by atoms with Crippen molar-refractivity contribution in [1.82, 2.24) is 14.9 Å². The molecule has 1 aromatic heterocycles. The van der Waals surface area contributed by atoms with Crippen LogP contribution in [0.3, 0.4) is 0 Å². The lowest BCUT2D eigenvalue weighted by Gasteiger charge is -2.10. The van der Waals surface area contributed by atoms with Crippen LogP contribution in [-0.2, 0) is 0 Å². The number of benzene rings is 1. The van der Waals surface area contributed by atoms with Gasteiger partial charge < -0.3 is 9.47 Å². The van der Waals surface area contributed by atoms with Crippen molar-refractivity contribution in [3.8, 4) is 11.5 Å². The molecule has 6 nitrogen and oxygen atoms in total. The van der Waals surface area contributed by atoms with E-state index < -0.39 is 0 Å². The zero-order chi connectivity index (χ0) is 16.2. The minimum atomic E-state index is 0.472. The summed E-state index contributed by atoms with van der Waals surface area (Å²) in [6, 6.07) is 5.73. The minimum absolute atomic E-state index is 0.472. The second-order valence-electron chi connectivity index (χ2n) is 5.48. The molecule has 122 valence electrons. The SMILES string of the molecule is CCCOc1cc(/C=N\n2c(C3CC3)n[nH]c2=S)ccc1OC. The van der Waals surface area contributed by atoms with Crippen LogP contribution < -0.4 is 9.47 Å². The van der Waals surface area contributed by atoms with Crippen molar-refractivity contribution in [2.45, 2.75) is 32.1 Å². The van der Waals surface area contributed by atoms with Crippen molar-refractivity contribution in [2.75, 3.05) is 13.7 Å². The van der Waals surface area contributed by atoms with Gasteiger partial charge in [-0.3, -0.25) is 5.10 Å². The Balaban J connectivity index is 1.85. The molecule has 1 aromatic carbocycles. The summed E-state index contributed by atoms with van der Waals surface area (Å²) in [7, 11) is 1.63. The average molecular weight is 332 g/mol. The van der Waals surface area contributed by atoms with E-state index in [4.69, 9.17) is 21.7 Å². The number of H-pyrrole nitrogens is 1. The highest BCUT2D eigenvalue weighted by Crippen LogP contribution is 2.38. The molecule has 0 aliphatic heterocycles. The number of methoxy groups -OCH3 is 1. The lowest BCUT2D eigenvalue weighted by atomic mass is 10.2. The van der Waals surface area contributed by atoms with Gasteiger partial charge in [-0.25, -0.2) is 0 Å². The number of ether oxygens (including phenoxy) is 2. The summed E-state index contributed by atoms with van der Waals surface area (Å²) in [5, 5.41) is 11.5. The van der Waals surface area contributed by atoms with Gasteiger partial charge in [0.25, 0.3) is 0 Å². The first-order valence-corrected chi connectivity index (χ1v) is 8.16. The molecule has 1 heterocycles. The van der Waals surface area contributed by atoms with E-state index in [0.717, 1.165) is 36.4 Å². The molecule has 1 saturated carbocycles. The minimum Gasteiger partial charge on any atom is -0.493 e. The van der Waals surface area contributed by atoms with E-state index in [1.54, 1.807) is 18.0 Å². The summed E-state index contributed by atoms with van der Waals surface area (Å²) in [5.74, 6) is 2.81. The molecule has 0 bridgehead atoms. The van der Waals surface area contributed by atoms with E-state index in [2.05, 4.69) is 22.2 Å². The Morgan fingerprint density at radius 3 is 2.96 bits per heavy atom. The van der Waals surface area contributed by atoms with Crippen LogP contribution in [0.2, 0.25) is 0 Å². The molecule has 23 heavy (non-hydrogen) atoms. The number of aromatic nitrogens is 3. The average Bonchev–Trinajstić information content (AvgIpc) is 3.34. The van der Waals surface area contributed by atoms with Crippen LogP contribution in [0.4, 0.5) is 0 Å². The van der Waals surface area contributed by atoms with Gasteiger partial charge in [0, 0.05) is 5.92 Å². The lowest BCUT2D eigenvalue weighted by molar-refractivity contribution is 0.294. The highest BCUT2D eigenvalue weighted by molar-refractivity contribution is 7.71. The molecule has 0 radical (unpaired) electrons. The van der Waals surface area contributed by atoms with Crippen LogP contribution in [0.25, 0.3) is 0 Å². The molecule has 1 aliphatic carbocycles. The Kier molecular flexibility index (Phi) is 4.76. The van der Waals surface area contributed by atoms with E-state index in [-0.39, 0.29) is 0 Å². The van der Waals surface area contributed by atoms with Crippen LogP contribution >= 0.6 is 12.2 Å². The maximum Gasteiger partial charge on any atom is 0.216 e. The monoisotopic (exact) mass is 332 g/mol. The third-order valence-electron chi connectivity index (χ3n) is 3.59. The number of hydrogen-bond acceptors (Lipinski definition) is 5. The van der Waals surface area contributed by atoms with E-state index in [0.29, 0.717) is 23.0 Å². The summed E-state index contributed by atoms with van der Waals surface area (Å²) < 4.78 is 13.2. The Hall–Kier alpha value is -2.15. The highest BCUT2D eigenvalue weighted by Gasteiger charge is 2.29. The maximum absolute atomic E-state index is 5.72. The molecule has 7 heteroatoms. The zero-order valence-corrected chi connectivity index (χ0v) is 14.1. The van der Waals surface area contributed by atoms with Gasteiger partial charge in [0.15, 0.2) is 17.3 Å². The predicted octanol–water partition coefficient (Wildman–Crippen LogP) is 3.50. The summed E-state index contributed by atoms with van der Waals surface area (Å²) in [6.07, 6.45) is 4.99. The third kappa shape index (κ3) is 3.61. The van der Waals surface area contributed by atoms with Gasteiger partial charge in [-0.2, -0.15) is 14.9 Å². The Morgan fingerprint density at radius 1 is 1.43 bits per heavy atom. The van der Waals surface area contributed by atoms with Crippen molar-refractivity contribution >= 4 is 18.4 Å². The van der Waals surface area contributed by atoms with Gasteiger partial charge in [-0.1, -0.05) is 6.92 Å². The summed E-state index contributed by atoms with van der Waals surface area (Å²) in [4.78, 5) is 0. The number of nitrogens with zero attached hydrogens (tertiary/aromatic N) is 3. The van der Waals surface area contributed by atoms with Crippen LogP contribution in [-0.4, -0.2) is 34.8 Å². The van der Waals surface area contributed by atoms with E-state index in [9.17, 15) is 0 Å². The van der Waals surface area contributed by atoms with Gasteiger partial charge >= 0.3 is 0 Å². The molecule has 3 rings (SSSR count). The second kappa shape index (κ2) is 6.95. The normalized spacial score (nSPS) is 14.3. The topological polar surface area (TPSA) is 64.4 Å². The third-order valence-corrected chi connectivity index (χ3v) is 3.85. The number of nitrogens with one attached hydrogen (secondary N) is 1. The quantitative estimate of drug-likeness (QED) is 0.622. The Labute approximate surface area is 140 Å². The fourth-order valence-electron chi connectivity index (χ4n) is 2.24. The number of hydrogen-bond donors (Lipinski definition) is 1. The van der Waals surface area contributed by atoms with Gasteiger partial charge in [-0.05, 0) is 55.2 Å². The first-order chi connectivity index (χ1) is 11.2. The lowest BCUT2D eigenvalue weighted by Crippen LogP contribution is -2.00. The Morgan fingerprint density at radius 2 is 2.26 bits per heavy atom. The van der Waals surface area contributed by atoms with E-state index >= 15 is 0 Å². The molecular weight excluding hydrogens is 312 g/mol. The number of aromatic amines is 1. The smallest absolute Gasteiger partial charge is 0.216 e. The molecular formula is C16H20N4O2S. The fourth-order valence-corrected chi connectivity index (χ4v) is 2.43. The van der Waals surface area contributed by atoms with Crippen molar-refractivity contribution < 1.29 is 9.47 Å². The van der Waals surface area contributed by atoms with Crippen molar-refractivity contribution in [2.24, 2.45) is 5.10 Å². The Bertz CT molecular complexity index is 762. The molecule has 0 spiro atoms. The predicted molar refractivity (Wildman–Crippen MR) is 91.2 cm³/mol. The van der Waals surface area contributed by atoms with Crippen LogP contribution in [0.15, 0.2) is 23.3 Å². The van der Waals surface area contributed by atoms with Gasteiger partial charge in [0.1, 0.15) is 0 Å². The molecule has 0 saturated heterocycles. The fraction of sp³-hybridized carbons (Fsp3) is 0.438. The second-order valence-corrected chi connectivity index (χ2v) is 5.86. The maximum atomic E-state index is 5.72. The first kappa shape index (κ1) is 15.7. The van der Waals surface area contributed by atoms with Gasteiger partial charge in [-0.15, -0.1) is 0 Å². The summed E-state index contributed by atoms with van der Waals surface area (Å²) in [5.41, 5.74) is 0.918. The largest absolute Gasteiger partial charge is 0.493 e. The van der Waals surface area contributed by atoms with Crippen LogP contribution in [0.5, 0.6) is 11.5 Å². The van der Waals surface area contributed by atoms with E-state index in [1.807, 2.05) is 18.2 Å². The molecule has 2 aromatic rings. The molecule has 1 aliphatic rings.